The van der Waals surface area contributed by atoms with Crippen LogP contribution in [0, 0.1) is 5.92 Å². The highest BCUT2D eigenvalue weighted by Crippen LogP contribution is 2.23. The molecule has 0 aliphatic heterocycles. The molecule has 5 nitrogen and oxygen atoms in total. The molecule has 2 unspecified atom stereocenters. The normalized spacial score (nSPS) is 21.3. The van der Waals surface area contributed by atoms with Crippen LogP contribution in [0.15, 0.2) is 24.3 Å². The van der Waals surface area contributed by atoms with Crippen molar-refractivity contribution in [1.82, 2.24) is 5.32 Å². The van der Waals surface area contributed by atoms with Gasteiger partial charge in [0.1, 0.15) is 0 Å². The molecule has 1 aromatic rings. The van der Waals surface area contributed by atoms with Gasteiger partial charge >= 0.3 is 0 Å². The molecular weight excluding hydrogens is 336 g/mol. The van der Waals surface area contributed by atoms with Gasteiger partial charge in [-0.05, 0) is 30.4 Å². The Morgan fingerprint density at radius 1 is 1.26 bits per heavy atom. The maximum Gasteiger partial charge on any atom is 0.223 e. The van der Waals surface area contributed by atoms with Crippen LogP contribution in [0.2, 0.25) is 0 Å². The van der Waals surface area contributed by atoms with Gasteiger partial charge < -0.3 is 11.1 Å². The van der Waals surface area contributed by atoms with E-state index >= 15 is 0 Å². The van der Waals surface area contributed by atoms with Crippen molar-refractivity contribution in [3.63, 3.8) is 0 Å². The SMILES string of the molecule is CS(=O)(=O)Cc1ccccc1CNC(=O)C1CCCC(N)C1.Cl. The molecule has 23 heavy (non-hydrogen) atoms. The summed E-state index contributed by atoms with van der Waals surface area (Å²) in [7, 11) is -3.10. The Balaban J connectivity index is 0.00000264. The van der Waals surface area contributed by atoms with E-state index in [1.165, 1.54) is 6.26 Å². The zero-order valence-corrected chi connectivity index (χ0v) is 15.0. The number of sulfone groups is 1. The zero-order chi connectivity index (χ0) is 16.2. The fourth-order valence-electron chi connectivity index (χ4n) is 2.95. The summed E-state index contributed by atoms with van der Waals surface area (Å²) >= 11 is 0. The first kappa shape index (κ1) is 19.9. The van der Waals surface area contributed by atoms with Gasteiger partial charge in [-0.3, -0.25) is 4.79 Å². The lowest BCUT2D eigenvalue weighted by atomic mass is 9.85. The van der Waals surface area contributed by atoms with Crippen molar-refractivity contribution in [1.29, 1.82) is 0 Å². The minimum atomic E-state index is -3.10. The minimum absolute atomic E-state index is 0. The molecule has 0 radical (unpaired) electrons. The highest BCUT2D eigenvalue weighted by Gasteiger charge is 2.25. The van der Waals surface area contributed by atoms with Gasteiger partial charge in [0.05, 0.1) is 5.75 Å². The summed E-state index contributed by atoms with van der Waals surface area (Å²) in [5, 5.41) is 2.93. The van der Waals surface area contributed by atoms with Crippen molar-refractivity contribution < 1.29 is 13.2 Å². The summed E-state index contributed by atoms with van der Waals surface area (Å²) in [5.41, 5.74) is 7.51. The Morgan fingerprint density at radius 2 is 1.91 bits per heavy atom. The number of amides is 1. The van der Waals surface area contributed by atoms with E-state index in [4.69, 9.17) is 5.73 Å². The van der Waals surface area contributed by atoms with Gasteiger partial charge in [0.2, 0.25) is 5.91 Å². The van der Waals surface area contributed by atoms with E-state index in [1.54, 1.807) is 6.07 Å². The number of nitrogens with two attached hydrogens (primary N) is 1. The molecule has 1 aliphatic rings. The van der Waals surface area contributed by atoms with E-state index in [0.29, 0.717) is 6.54 Å². The molecule has 0 heterocycles. The summed E-state index contributed by atoms with van der Waals surface area (Å²) < 4.78 is 22.9. The number of carbonyl (C=O) groups is 1. The van der Waals surface area contributed by atoms with Crippen LogP contribution in [0.25, 0.3) is 0 Å². The second-order valence-corrected chi connectivity index (χ2v) is 8.32. The molecule has 7 heteroatoms. The molecule has 3 N–H and O–H groups in total. The number of nitrogens with one attached hydrogen (secondary N) is 1. The fourth-order valence-corrected chi connectivity index (χ4v) is 3.79. The summed E-state index contributed by atoms with van der Waals surface area (Å²) in [5.74, 6) is -0.0111. The molecule has 0 saturated heterocycles. The van der Waals surface area contributed by atoms with E-state index in [9.17, 15) is 13.2 Å². The molecule has 0 aromatic heterocycles. The van der Waals surface area contributed by atoms with Crippen LogP contribution >= 0.6 is 12.4 Å². The van der Waals surface area contributed by atoms with Crippen molar-refractivity contribution in [2.24, 2.45) is 11.7 Å². The van der Waals surface area contributed by atoms with Gasteiger partial charge in [0.15, 0.2) is 9.84 Å². The lowest BCUT2D eigenvalue weighted by molar-refractivity contribution is -0.126. The topological polar surface area (TPSA) is 89.3 Å². The standard InChI is InChI=1S/C16H24N2O3S.ClH/c1-22(20,21)11-14-6-3-2-5-13(14)10-18-16(19)12-7-4-8-15(17)9-12;/h2-3,5-6,12,15H,4,7-11,17H2,1H3,(H,18,19);1H. The van der Waals surface area contributed by atoms with Gasteiger partial charge in [-0.15, -0.1) is 12.4 Å². The predicted octanol–water partition coefficient (Wildman–Crippen LogP) is 1.79. The molecule has 1 amide bonds. The van der Waals surface area contributed by atoms with Gasteiger partial charge in [0, 0.05) is 24.8 Å². The Bertz CT molecular complexity index is 634. The number of rotatable bonds is 5. The third kappa shape index (κ3) is 6.49. The summed E-state index contributed by atoms with van der Waals surface area (Å²) in [6.07, 6.45) is 4.80. The Morgan fingerprint density at radius 3 is 2.52 bits per heavy atom. The quantitative estimate of drug-likeness (QED) is 0.837. The molecule has 0 bridgehead atoms. The number of halogens is 1. The molecule has 1 saturated carbocycles. The monoisotopic (exact) mass is 360 g/mol. The zero-order valence-electron chi connectivity index (χ0n) is 13.3. The second-order valence-electron chi connectivity index (χ2n) is 6.18. The fraction of sp³-hybridized carbons (Fsp3) is 0.562. The largest absolute Gasteiger partial charge is 0.352 e. The third-order valence-electron chi connectivity index (χ3n) is 4.07. The summed E-state index contributed by atoms with van der Waals surface area (Å²) in [6, 6.07) is 7.42. The van der Waals surface area contributed by atoms with E-state index in [1.807, 2.05) is 18.2 Å². The maximum absolute atomic E-state index is 12.2. The first-order valence-electron chi connectivity index (χ1n) is 7.63. The lowest BCUT2D eigenvalue weighted by Gasteiger charge is -2.25. The van der Waals surface area contributed by atoms with Crippen LogP contribution in [0.5, 0.6) is 0 Å². The molecule has 1 aliphatic carbocycles. The predicted molar refractivity (Wildman–Crippen MR) is 94.0 cm³/mol. The van der Waals surface area contributed by atoms with Crippen LogP contribution < -0.4 is 11.1 Å². The molecular formula is C16H25ClN2O3S. The van der Waals surface area contributed by atoms with E-state index in [0.717, 1.165) is 36.8 Å². The van der Waals surface area contributed by atoms with Crippen molar-refractivity contribution >= 4 is 28.2 Å². The first-order valence-corrected chi connectivity index (χ1v) is 9.69. The molecule has 1 fully saturated rings. The maximum atomic E-state index is 12.2. The number of carbonyl (C=O) groups excluding carboxylic acids is 1. The third-order valence-corrected chi connectivity index (χ3v) is 4.91. The lowest BCUT2D eigenvalue weighted by Crippen LogP contribution is -2.37. The number of benzene rings is 1. The molecule has 2 atom stereocenters. The first-order chi connectivity index (χ1) is 10.3. The van der Waals surface area contributed by atoms with Crippen LogP contribution in [-0.4, -0.2) is 26.6 Å². The highest BCUT2D eigenvalue weighted by atomic mass is 35.5. The van der Waals surface area contributed by atoms with E-state index < -0.39 is 9.84 Å². The Kier molecular flexibility index (Phi) is 7.51. The average Bonchev–Trinajstić information content (AvgIpc) is 2.44. The Hall–Kier alpha value is -1.11. The van der Waals surface area contributed by atoms with Gasteiger partial charge in [-0.25, -0.2) is 8.42 Å². The highest BCUT2D eigenvalue weighted by molar-refractivity contribution is 7.89. The van der Waals surface area contributed by atoms with Crippen molar-refractivity contribution in [2.45, 2.75) is 44.0 Å². The summed E-state index contributed by atoms with van der Waals surface area (Å²) in [4.78, 5) is 12.2. The Labute approximate surface area is 144 Å². The van der Waals surface area contributed by atoms with Gasteiger partial charge in [0.25, 0.3) is 0 Å². The second kappa shape index (κ2) is 8.66. The molecule has 130 valence electrons. The molecule has 2 rings (SSSR count). The van der Waals surface area contributed by atoms with Crippen LogP contribution in [-0.2, 0) is 26.9 Å². The van der Waals surface area contributed by atoms with Gasteiger partial charge in [-0.2, -0.15) is 0 Å². The van der Waals surface area contributed by atoms with Crippen LogP contribution in [0.1, 0.15) is 36.8 Å². The van der Waals surface area contributed by atoms with Crippen LogP contribution in [0.4, 0.5) is 0 Å². The molecule has 1 aromatic carbocycles. The van der Waals surface area contributed by atoms with E-state index in [-0.39, 0.29) is 36.0 Å². The van der Waals surface area contributed by atoms with Crippen molar-refractivity contribution in [3.8, 4) is 0 Å². The minimum Gasteiger partial charge on any atom is -0.352 e. The molecule has 0 spiro atoms. The smallest absolute Gasteiger partial charge is 0.223 e. The van der Waals surface area contributed by atoms with Gasteiger partial charge in [-0.1, -0.05) is 30.7 Å². The van der Waals surface area contributed by atoms with Crippen LogP contribution in [0.3, 0.4) is 0 Å². The average molecular weight is 361 g/mol. The van der Waals surface area contributed by atoms with E-state index in [2.05, 4.69) is 5.32 Å². The van der Waals surface area contributed by atoms with Crippen molar-refractivity contribution in [3.05, 3.63) is 35.4 Å². The van der Waals surface area contributed by atoms with Crippen molar-refractivity contribution in [2.75, 3.05) is 6.26 Å². The number of hydrogen-bond donors (Lipinski definition) is 2. The number of hydrogen-bond acceptors (Lipinski definition) is 4. The summed E-state index contributed by atoms with van der Waals surface area (Å²) in [6.45, 7) is 0.357.